The maximum atomic E-state index is 8.17. The number of hydrogen-bond acceptors (Lipinski definition) is 1. The lowest BCUT2D eigenvalue weighted by Gasteiger charge is -2.09. The molecule has 0 fully saturated rings. The van der Waals surface area contributed by atoms with Crippen LogP contribution in [0.4, 0.5) is 0 Å². The Kier molecular flexibility index (Phi) is 13.8. The standard InChI is InChI=1S/C15H31N3/c1-3-4-5-6-7-8-9-10-12-15(2)13-11-14-17-18-16/h15H,3-14H2,1-2H3. The van der Waals surface area contributed by atoms with Crippen molar-refractivity contribution in [3.63, 3.8) is 0 Å². The molecule has 1 atom stereocenters. The van der Waals surface area contributed by atoms with Crippen molar-refractivity contribution in [1.29, 1.82) is 0 Å². The Bertz CT molecular complexity index is 210. The van der Waals surface area contributed by atoms with Gasteiger partial charge in [-0.15, -0.1) is 0 Å². The minimum absolute atomic E-state index is 0.665. The largest absolute Gasteiger partial charge is 0.0940 e. The fraction of sp³-hybridized carbons (Fsp3) is 1.00. The predicted octanol–water partition coefficient (Wildman–Crippen LogP) is 6.24. The van der Waals surface area contributed by atoms with E-state index in [1.165, 1.54) is 64.2 Å². The lowest BCUT2D eigenvalue weighted by molar-refractivity contribution is 0.445. The monoisotopic (exact) mass is 253 g/mol. The molecule has 0 N–H and O–H groups in total. The lowest BCUT2D eigenvalue weighted by atomic mass is 9.97. The van der Waals surface area contributed by atoms with Gasteiger partial charge in [-0.05, 0) is 17.9 Å². The van der Waals surface area contributed by atoms with Crippen molar-refractivity contribution in [3.05, 3.63) is 10.4 Å². The zero-order chi connectivity index (χ0) is 13.5. The van der Waals surface area contributed by atoms with Crippen LogP contribution in [0.5, 0.6) is 0 Å². The number of unbranched alkanes of at least 4 members (excludes halogenated alkanes) is 7. The van der Waals surface area contributed by atoms with Gasteiger partial charge in [0.1, 0.15) is 0 Å². The molecule has 0 saturated heterocycles. The van der Waals surface area contributed by atoms with Gasteiger partial charge in [-0.25, -0.2) is 0 Å². The second-order valence-corrected chi connectivity index (χ2v) is 5.47. The van der Waals surface area contributed by atoms with Crippen molar-refractivity contribution in [2.45, 2.75) is 84.5 Å². The molecule has 1 unspecified atom stereocenters. The Balaban J connectivity index is 3.14. The second kappa shape index (κ2) is 14.4. The van der Waals surface area contributed by atoms with Crippen LogP contribution in [0.25, 0.3) is 10.4 Å². The summed E-state index contributed by atoms with van der Waals surface area (Å²) in [6.07, 6.45) is 14.8. The SMILES string of the molecule is CCCCCCCCCCC(C)CCCN=[N+]=[N-]. The Labute approximate surface area is 113 Å². The Morgan fingerprint density at radius 3 is 2.06 bits per heavy atom. The van der Waals surface area contributed by atoms with E-state index in [1.54, 1.807) is 0 Å². The van der Waals surface area contributed by atoms with E-state index in [0.29, 0.717) is 6.54 Å². The molecule has 0 aliphatic rings. The molecule has 0 aliphatic heterocycles. The van der Waals surface area contributed by atoms with Gasteiger partial charge in [0.15, 0.2) is 0 Å². The molecule has 0 aliphatic carbocycles. The van der Waals surface area contributed by atoms with Crippen LogP contribution in [0.15, 0.2) is 5.11 Å². The molecule has 0 aromatic heterocycles. The molecule has 3 nitrogen and oxygen atoms in total. The van der Waals surface area contributed by atoms with Gasteiger partial charge in [0.05, 0.1) is 0 Å². The number of nitrogens with zero attached hydrogens (tertiary/aromatic N) is 3. The maximum Gasteiger partial charge on any atom is 0.0258 e. The molecule has 0 aromatic rings. The molecule has 0 bridgehead atoms. The third-order valence-electron chi connectivity index (χ3n) is 3.57. The van der Waals surface area contributed by atoms with Crippen molar-refractivity contribution < 1.29 is 0 Å². The van der Waals surface area contributed by atoms with Crippen LogP contribution in [0.3, 0.4) is 0 Å². The summed E-state index contributed by atoms with van der Waals surface area (Å²) >= 11 is 0. The first-order valence-electron chi connectivity index (χ1n) is 7.82. The van der Waals surface area contributed by atoms with E-state index in [4.69, 9.17) is 5.53 Å². The van der Waals surface area contributed by atoms with Crippen LogP contribution in [0, 0.1) is 5.92 Å². The van der Waals surface area contributed by atoms with Crippen LogP contribution < -0.4 is 0 Å². The molecule has 0 spiro atoms. The minimum atomic E-state index is 0.665. The first-order chi connectivity index (χ1) is 8.81. The number of rotatable bonds is 13. The van der Waals surface area contributed by atoms with Crippen LogP contribution in [-0.2, 0) is 0 Å². The van der Waals surface area contributed by atoms with Crippen LogP contribution in [0.1, 0.15) is 84.5 Å². The second-order valence-electron chi connectivity index (χ2n) is 5.47. The van der Waals surface area contributed by atoms with E-state index in [0.717, 1.165) is 12.3 Å². The molecule has 0 aromatic carbocycles. The molecule has 0 amide bonds. The highest BCUT2D eigenvalue weighted by Crippen LogP contribution is 2.16. The molecule has 3 heteroatoms. The number of azide groups is 1. The number of hydrogen-bond donors (Lipinski definition) is 0. The summed E-state index contributed by atoms with van der Waals surface area (Å²) in [5, 5.41) is 3.57. The summed E-state index contributed by atoms with van der Waals surface area (Å²) in [5.41, 5.74) is 8.17. The first-order valence-corrected chi connectivity index (χ1v) is 7.82. The third kappa shape index (κ3) is 13.4. The van der Waals surface area contributed by atoms with Gasteiger partial charge in [-0.2, -0.15) is 0 Å². The Hall–Kier alpha value is -0.690. The molecule has 106 valence electrons. The quantitative estimate of drug-likeness (QED) is 0.161. The van der Waals surface area contributed by atoms with Gasteiger partial charge in [0, 0.05) is 11.5 Å². The van der Waals surface area contributed by atoms with E-state index < -0.39 is 0 Å². The molecule has 0 radical (unpaired) electrons. The predicted molar refractivity (Wildman–Crippen MR) is 79.6 cm³/mol. The third-order valence-corrected chi connectivity index (χ3v) is 3.57. The lowest BCUT2D eigenvalue weighted by Crippen LogP contribution is -1.96. The van der Waals surface area contributed by atoms with Gasteiger partial charge in [-0.3, -0.25) is 0 Å². The van der Waals surface area contributed by atoms with E-state index in [1.807, 2.05) is 0 Å². The van der Waals surface area contributed by atoms with E-state index in [9.17, 15) is 0 Å². The fourth-order valence-corrected chi connectivity index (χ4v) is 2.33. The van der Waals surface area contributed by atoms with Gasteiger partial charge in [0.25, 0.3) is 0 Å². The molecular formula is C15H31N3. The topological polar surface area (TPSA) is 48.8 Å². The summed E-state index contributed by atoms with van der Waals surface area (Å²) in [7, 11) is 0. The van der Waals surface area contributed by atoms with Crippen molar-refractivity contribution in [2.24, 2.45) is 11.0 Å². The zero-order valence-electron chi connectivity index (χ0n) is 12.4. The van der Waals surface area contributed by atoms with Crippen LogP contribution in [0.2, 0.25) is 0 Å². The van der Waals surface area contributed by atoms with E-state index in [2.05, 4.69) is 23.9 Å². The molecule has 0 saturated carbocycles. The molecule has 0 rings (SSSR count). The average molecular weight is 253 g/mol. The smallest absolute Gasteiger partial charge is 0.0258 e. The zero-order valence-corrected chi connectivity index (χ0v) is 12.4. The first kappa shape index (κ1) is 17.3. The normalized spacial score (nSPS) is 12.1. The highest BCUT2D eigenvalue weighted by molar-refractivity contribution is 4.56. The van der Waals surface area contributed by atoms with Gasteiger partial charge in [-0.1, -0.05) is 83.2 Å². The summed E-state index contributed by atoms with van der Waals surface area (Å²) in [6, 6.07) is 0. The summed E-state index contributed by atoms with van der Waals surface area (Å²) in [4.78, 5) is 2.77. The molecule has 18 heavy (non-hydrogen) atoms. The van der Waals surface area contributed by atoms with Gasteiger partial charge >= 0.3 is 0 Å². The fourth-order valence-electron chi connectivity index (χ4n) is 2.33. The highest BCUT2D eigenvalue weighted by Gasteiger charge is 2.01. The van der Waals surface area contributed by atoms with E-state index in [-0.39, 0.29) is 0 Å². The molecule has 0 heterocycles. The van der Waals surface area contributed by atoms with Crippen molar-refractivity contribution in [2.75, 3.05) is 6.54 Å². The van der Waals surface area contributed by atoms with Crippen molar-refractivity contribution in [3.8, 4) is 0 Å². The van der Waals surface area contributed by atoms with Gasteiger partial charge < -0.3 is 0 Å². The highest BCUT2D eigenvalue weighted by atomic mass is 15.1. The van der Waals surface area contributed by atoms with Crippen LogP contribution in [-0.4, -0.2) is 6.54 Å². The van der Waals surface area contributed by atoms with Crippen LogP contribution >= 0.6 is 0 Å². The maximum absolute atomic E-state index is 8.17. The Morgan fingerprint density at radius 2 is 1.44 bits per heavy atom. The summed E-state index contributed by atoms with van der Waals surface area (Å²) in [6.45, 7) is 5.25. The van der Waals surface area contributed by atoms with Crippen molar-refractivity contribution >= 4 is 0 Å². The van der Waals surface area contributed by atoms with E-state index >= 15 is 0 Å². The van der Waals surface area contributed by atoms with Gasteiger partial charge in [0.2, 0.25) is 0 Å². The average Bonchev–Trinajstić information content (AvgIpc) is 2.38. The minimum Gasteiger partial charge on any atom is -0.0940 e. The Morgan fingerprint density at radius 1 is 0.889 bits per heavy atom. The molecular weight excluding hydrogens is 222 g/mol. The summed E-state index contributed by atoms with van der Waals surface area (Å²) in [5.74, 6) is 0.791. The van der Waals surface area contributed by atoms with Crippen molar-refractivity contribution in [1.82, 2.24) is 0 Å². The summed E-state index contributed by atoms with van der Waals surface area (Å²) < 4.78 is 0.